The number of hydrogen-bond donors (Lipinski definition) is 2. The Morgan fingerprint density at radius 3 is 2.27 bits per heavy atom. The van der Waals surface area contributed by atoms with E-state index in [1.807, 2.05) is 43.3 Å². The normalized spacial score (nSPS) is 11.2. The second-order valence-electron chi connectivity index (χ2n) is 8.62. The zero-order valence-electron chi connectivity index (χ0n) is 20.5. The van der Waals surface area contributed by atoms with Crippen molar-refractivity contribution in [3.8, 4) is 5.75 Å². The standard InChI is InChI=1S/C28H26N2O6S/c1-18(2)35-27(31)24-16-13-21(17-26(24)36-37(33,34)22-14-11-19(3)12-15-22)29-28(32)30-25-10-6-8-20-7-4-5-9-23(20)25/h4-18H,1-3H3,(H2,29,30,32). The Kier molecular flexibility index (Phi) is 7.45. The summed E-state index contributed by atoms with van der Waals surface area (Å²) in [7, 11) is -4.27. The second-order valence-corrected chi connectivity index (χ2v) is 10.2. The highest BCUT2D eigenvalue weighted by molar-refractivity contribution is 7.87. The molecule has 9 heteroatoms. The number of ether oxygens (including phenoxy) is 1. The smallest absolute Gasteiger partial charge is 0.342 e. The molecular formula is C28H26N2O6S. The molecule has 2 N–H and O–H groups in total. The van der Waals surface area contributed by atoms with Crippen LogP contribution in [0, 0.1) is 6.92 Å². The Bertz CT molecular complexity index is 1560. The fourth-order valence-electron chi connectivity index (χ4n) is 3.61. The van der Waals surface area contributed by atoms with Crippen LogP contribution in [0.2, 0.25) is 0 Å². The lowest BCUT2D eigenvalue weighted by molar-refractivity contribution is 0.0376. The van der Waals surface area contributed by atoms with E-state index >= 15 is 0 Å². The van der Waals surface area contributed by atoms with Crippen LogP contribution in [0.4, 0.5) is 16.2 Å². The molecule has 4 aromatic rings. The summed E-state index contributed by atoms with van der Waals surface area (Å²) in [5.41, 5.74) is 1.60. The molecule has 0 spiro atoms. The van der Waals surface area contributed by atoms with Crippen molar-refractivity contribution in [2.24, 2.45) is 0 Å². The van der Waals surface area contributed by atoms with Crippen molar-refractivity contribution in [1.82, 2.24) is 0 Å². The largest absolute Gasteiger partial charge is 0.459 e. The van der Waals surface area contributed by atoms with E-state index in [1.165, 1.54) is 30.3 Å². The van der Waals surface area contributed by atoms with Gasteiger partial charge in [0.1, 0.15) is 10.5 Å². The number of aryl methyl sites for hydroxylation is 1. The molecule has 4 aromatic carbocycles. The zero-order valence-corrected chi connectivity index (χ0v) is 21.3. The first-order valence-electron chi connectivity index (χ1n) is 11.5. The molecule has 0 radical (unpaired) electrons. The van der Waals surface area contributed by atoms with Crippen LogP contribution >= 0.6 is 0 Å². The average molecular weight is 519 g/mol. The highest BCUT2D eigenvalue weighted by Crippen LogP contribution is 2.29. The third kappa shape index (κ3) is 6.25. The highest BCUT2D eigenvalue weighted by atomic mass is 32.2. The van der Waals surface area contributed by atoms with Gasteiger partial charge in [-0.3, -0.25) is 0 Å². The Morgan fingerprint density at radius 1 is 0.838 bits per heavy atom. The summed E-state index contributed by atoms with van der Waals surface area (Å²) in [6, 6.07) is 22.8. The molecule has 2 amide bonds. The number of hydrogen-bond acceptors (Lipinski definition) is 6. The van der Waals surface area contributed by atoms with E-state index in [-0.39, 0.29) is 21.9 Å². The molecule has 0 fully saturated rings. The maximum atomic E-state index is 12.9. The zero-order chi connectivity index (χ0) is 26.6. The first kappa shape index (κ1) is 25.7. The molecule has 0 unspecified atom stereocenters. The number of benzene rings is 4. The topological polar surface area (TPSA) is 111 Å². The quantitative estimate of drug-likeness (QED) is 0.225. The number of nitrogens with one attached hydrogen (secondary N) is 2. The third-order valence-electron chi connectivity index (χ3n) is 5.35. The fraction of sp³-hybridized carbons (Fsp3) is 0.143. The van der Waals surface area contributed by atoms with Gasteiger partial charge in [0.25, 0.3) is 0 Å². The summed E-state index contributed by atoms with van der Waals surface area (Å²) < 4.78 is 36.5. The number of urea groups is 1. The lowest BCUT2D eigenvalue weighted by Gasteiger charge is -2.15. The molecule has 0 heterocycles. The van der Waals surface area contributed by atoms with Gasteiger partial charge in [-0.2, -0.15) is 8.42 Å². The van der Waals surface area contributed by atoms with Gasteiger partial charge >= 0.3 is 22.1 Å². The molecule has 37 heavy (non-hydrogen) atoms. The van der Waals surface area contributed by atoms with E-state index in [4.69, 9.17) is 8.92 Å². The maximum absolute atomic E-state index is 12.9. The van der Waals surface area contributed by atoms with Gasteiger partial charge in [0.05, 0.1) is 11.8 Å². The number of anilines is 2. The Balaban J connectivity index is 1.62. The van der Waals surface area contributed by atoms with E-state index in [1.54, 1.807) is 32.0 Å². The van der Waals surface area contributed by atoms with Gasteiger partial charge in [0.15, 0.2) is 5.75 Å². The van der Waals surface area contributed by atoms with Gasteiger partial charge in [0, 0.05) is 17.1 Å². The number of carbonyl (C=O) groups excluding carboxylic acids is 2. The van der Waals surface area contributed by atoms with Gasteiger partial charge in [-0.25, -0.2) is 9.59 Å². The van der Waals surface area contributed by atoms with Crippen LogP contribution in [0.3, 0.4) is 0 Å². The average Bonchev–Trinajstić information content (AvgIpc) is 2.84. The molecule has 0 aliphatic carbocycles. The molecule has 0 aromatic heterocycles. The SMILES string of the molecule is Cc1ccc(S(=O)(=O)Oc2cc(NC(=O)Nc3cccc4ccccc34)ccc2C(=O)OC(C)C)cc1. The predicted octanol–water partition coefficient (Wildman–Crippen LogP) is 6.13. The van der Waals surface area contributed by atoms with E-state index < -0.39 is 28.2 Å². The summed E-state index contributed by atoms with van der Waals surface area (Å²) in [5, 5.41) is 7.28. The van der Waals surface area contributed by atoms with E-state index in [0.29, 0.717) is 5.69 Å². The molecule has 0 aliphatic heterocycles. The fourth-order valence-corrected chi connectivity index (χ4v) is 4.55. The Morgan fingerprint density at radius 2 is 1.54 bits per heavy atom. The highest BCUT2D eigenvalue weighted by Gasteiger charge is 2.23. The van der Waals surface area contributed by atoms with Crippen LogP contribution in [0.5, 0.6) is 5.75 Å². The minimum Gasteiger partial charge on any atom is -0.459 e. The van der Waals surface area contributed by atoms with Crippen LogP contribution in [0.25, 0.3) is 10.8 Å². The summed E-state index contributed by atoms with van der Waals surface area (Å²) in [6.07, 6.45) is -0.432. The Hall–Kier alpha value is -4.37. The monoisotopic (exact) mass is 518 g/mol. The minimum atomic E-state index is -4.27. The van der Waals surface area contributed by atoms with Crippen molar-refractivity contribution in [3.05, 3.63) is 96.1 Å². The molecule has 4 rings (SSSR count). The number of amides is 2. The van der Waals surface area contributed by atoms with Crippen LogP contribution in [0.15, 0.2) is 89.8 Å². The van der Waals surface area contributed by atoms with Crippen LogP contribution in [-0.4, -0.2) is 26.5 Å². The van der Waals surface area contributed by atoms with Crippen molar-refractivity contribution < 1.29 is 26.9 Å². The summed E-state index contributed by atoms with van der Waals surface area (Å²) in [4.78, 5) is 25.3. The van der Waals surface area contributed by atoms with Crippen molar-refractivity contribution in [2.45, 2.75) is 31.8 Å². The molecule has 0 bridgehead atoms. The lowest BCUT2D eigenvalue weighted by Crippen LogP contribution is -2.20. The Labute approximate surface area is 215 Å². The van der Waals surface area contributed by atoms with E-state index in [0.717, 1.165) is 16.3 Å². The maximum Gasteiger partial charge on any atom is 0.342 e. The minimum absolute atomic E-state index is 0.0756. The summed E-state index contributed by atoms with van der Waals surface area (Å²) >= 11 is 0. The number of esters is 1. The molecule has 0 saturated heterocycles. The predicted molar refractivity (Wildman–Crippen MR) is 143 cm³/mol. The van der Waals surface area contributed by atoms with Gasteiger partial charge in [-0.05, 0) is 56.5 Å². The van der Waals surface area contributed by atoms with Crippen molar-refractivity contribution in [1.29, 1.82) is 0 Å². The number of fused-ring (bicyclic) bond motifs is 1. The number of carbonyl (C=O) groups is 2. The van der Waals surface area contributed by atoms with E-state index in [9.17, 15) is 18.0 Å². The molecular weight excluding hydrogens is 492 g/mol. The lowest BCUT2D eigenvalue weighted by atomic mass is 10.1. The first-order chi connectivity index (χ1) is 17.6. The molecule has 190 valence electrons. The first-order valence-corrected chi connectivity index (χ1v) is 13.0. The summed E-state index contributed by atoms with van der Waals surface area (Å²) in [5.74, 6) is -1.02. The van der Waals surface area contributed by atoms with Gasteiger partial charge in [-0.1, -0.05) is 54.1 Å². The number of rotatable bonds is 7. The molecule has 8 nitrogen and oxygen atoms in total. The van der Waals surface area contributed by atoms with Crippen LogP contribution < -0.4 is 14.8 Å². The molecule has 0 aliphatic rings. The van der Waals surface area contributed by atoms with Gasteiger partial charge < -0.3 is 19.6 Å². The molecule has 0 saturated carbocycles. The van der Waals surface area contributed by atoms with Crippen molar-refractivity contribution >= 4 is 44.3 Å². The third-order valence-corrected chi connectivity index (χ3v) is 6.60. The summed E-state index contributed by atoms with van der Waals surface area (Å²) in [6.45, 7) is 5.18. The van der Waals surface area contributed by atoms with Gasteiger partial charge in [-0.15, -0.1) is 0 Å². The van der Waals surface area contributed by atoms with Crippen molar-refractivity contribution in [2.75, 3.05) is 10.6 Å². The van der Waals surface area contributed by atoms with Crippen LogP contribution in [0.1, 0.15) is 29.8 Å². The van der Waals surface area contributed by atoms with Crippen molar-refractivity contribution in [3.63, 3.8) is 0 Å². The van der Waals surface area contributed by atoms with Crippen LogP contribution in [-0.2, 0) is 14.9 Å². The van der Waals surface area contributed by atoms with Gasteiger partial charge in [0.2, 0.25) is 0 Å². The molecule has 0 atom stereocenters. The van der Waals surface area contributed by atoms with E-state index in [2.05, 4.69) is 10.6 Å². The second kappa shape index (κ2) is 10.7.